The number of aromatic hydroxyl groups is 1. The molecule has 1 saturated carbocycles. The zero-order valence-corrected chi connectivity index (χ0v) is 15.0. The molecule has 2 aliphatic rings. The van der Waals surface area contributed by atoms with Crippen molar-refractivity contribution in [1.82, 2.24) is 0 Å². The average molecular weight is 332 g/mol. The van der Waals surface area contributed by atoms with Crippen LogP contribution >= 0.6 is 0 Å². The molecule has 0 radical (unpaired) electrons. The molecule has 0 aromatic heterocycles. The van der Waals surface area contributed by atoms with E-state index in [1.165, 1.54) is 0 Å². The SMILES string of the molecule is CC(C)c1c(O)ccc2c1[C@H](O)C[C@H]1[C@@](C)(C(=O)O)CCC[C@]21C. The van der Waals surface area contributed by atoms with Crippen LogP contribution in [0.25, 0.3) is 0 Å². The summed E-state index contributed by atoms with van der Waals surface area (Å²) in [4.78, 5) is 12.0. The molecule has 0 bridgehead atoms. The van der Waals surface area contributed by atoms with Crippen molar-refractivity contribution in [1.29, 1.82) is 0 Å². The van der Waals surface area contributed by atoms with Crippen LogP contribution in [0.4, 0.5) is 0 Å². The summed E-state index contributed by atoms with van der Waals surface area (Å²) in [6.07, 6.45) is 2.15. The number of aliphatic carboxylic acids is 1. The lowest BCUT2D eigenvalue weighted by atomic mass is 9.49. The van der Waals surface area contributed by atoms with Crippen LogP contribution < -0.4 is 0 Å². The molecule has 3 N–H and O–H groups in total. The summed E-state index contributed by atoms with van der Waals surface area (Å²) in [7, 11) is 0. The highest BCUT2D eigenvalue weighted by Crippen LogP contribution is 2.60. The number of aliphatic hydroxyl groups excluding tert-OH is 1. The van der Waals surface area contributed by atoms with Gasteiger partial charge in [-0.15, -0.1) is 0 Å². The maximum atomic E-state index is 12.0. The smallest absolute Gasteiger partial charge is 0.309 e. The minimum atomic E-state index is -0.818. The summed E-state index contributed by atoms with van der Waals surface area (Å²) in [6, 6.07) is 3.61. The molecular weight excluding hydrogens is 304 g/mol. The second-order valence-electron chi connectivity index (χ2n) is 8.41. The fourth-order valence-electron chi connectivity index (χ4n) is 5.40. The Morgan fingerprint density at radius 2 is 1.92 bits per heavy atom. The second kappa shape index (κ2) is 5.48. The first-order valence-corrected chi connectivity index (χ1v) is 8.90. The lowest BCUT2D eigenvalue weighted by Crippen LogP contribution is -2.53. The van der Waals surface area contributed by atoms with E-state index in [4.69, 9.17) is 0 Å². The van der Waals surface area contributed by atoms with Crippen molar-refractivity contribution in [3.8, 4) is 5.75 Å². The number of rotatable bonds is 2. The maximum Gasteiger partial charge on any atom is 0.309 e. The molecule has 0 aliphatic heterocycles. The molecule has 4 nitrogen and oxygen atoms in total. The maximum absolute atomic E-state index is 12.0. The Morgan fingerprint density at radius 1 is 1.25 bits per heavy atom. The van der Waals surface area contributed by atoms with E-state index >= 15 is 0 Å². The van der Waals surface area contributed by atoms with Crippen LogP contribution in [0.2, 0.25) is 0 Å². The van der Waals surface area contributed by atoms with Crippen LogP contribution in [0.15, 0.2) is 12.1 Å². The normalized spacial score (nSPS) is 35.4. The first-order chi connectivity index (χ1) is 11.1. The molecule has 0 heterocycles. The van der Waals surface area contributed by atoms with Gasteiger partial charge in [0.1, 0.15) is 5.75 Å². The zero-order valence-electron chi connectivity index (χ0n) is 15.0. The second-order valence-corrected chi connectivity index (χ2v) is 8.41. The molecule has 0 spiro atoms. The Bertz CT molecular complexity index is 680. The fourth-order valence-corrected chi connectivity index (χ4v) is 5.40. The van der Waals surface area contributed by atoms with E-state index in [-0.39, 0.29) is 23.0 Å². The Balaban J connectivity index is 2.24. The number of hydrogen-bond donors (Lipinski definition) is 3. The molecule has 0 amide bonds. The summed E-state index contributed by atoms with van der Waals surface area (Å²) in [5, 5.41) is 31.0. The van der Waals surface area contributed by atoms with Crippen molar-refractivity contribution in [2.24, 2.45) is 11.3 Å². The third-order valence-electron chi connectivity index (χ3n) is 6.67. The highest BCUT2D eigenvalue weighted by atomic mass is 16.4. The molecule has 1 aromatic rings. The van der Waals surface area contributed by atoms with Crippen LogP contribution in [0.5, 0.6) is 5.75 Å². The van der Waals surface area contributed by atoms with Crippen LogP contribution in [0.3, 0.4) is 0 Å². The van der Waals surface area contributed by atoms with Crippen molar-refractivity contribution >= 4 is 5.97 Å². The van der Waals surface area contributed by atoms with Gasteiger partial charge in [0, 0.05) is 5.56 Å². The van der Waals surface area contributed by atoms with Crippen LogP contribution in [-0.2, 0) is 10.2 Å². The predicted octanol–water partition coefficient (Wildman–Crippen LogP) is 4.10. The Labute approximate surface area is 143 Å². The Morgan fingerprint density at radius 3 is 2.50 bits per heavy atom. The quantitative estimate of drug-likeness (QED) is 0.762. The molecular formula is C20H28O4. The number of phenolic OH excluding ortho intramolecular Hbond substituents is 1. The van der Waals surface area contributed by atoms with Crippen LogP contribution in [0.1, 0.15) is 82.1 Å². The first-order valence-electron chi connectivity index (χ1n) is 8.90. The van der Waals surface area contributed by atoms with Crippen molar-refractivity contribution in [2.45, 2.75) is 70.8 Å². The van der Waals surface area contributed by atoms with Crippen LogP contribution in [-0.4, -0.2) is 21.3 Å². The molecule has 3 rings (SSSR count). The first kappa shape index (κ1) is 17.3. The highest BCUT2D eigenvalue weighted by Gasteiger charge is 2.57. The van der Waals surface area contributed by atoms with E-state index in [0.717, 1.165) is 29.5 Å². The predicted molar refractivity (Wildman–Crippen MR) is 92.2 cm³/mol. The van der Waals surface area contributed by atoms with Gasteiger partial charge >= 0.3 is 5.97 Å². The Hall–Kier alpha value is -1.55. The number of benzene rings is 1. The van der Waals surface area contributed by atoms with Gasteiger partial charge in [-0.2, -0.15) is 0 Å². The largest absolute Gasteiger partial charge is 0.508 e. The molecule has 4 atom stereocenters. The van der Waals surface area contributed by atoms with E-state index in [9.17, 15) is 20.1 Å². The monoisotopic (exact) mass is 332 g/mol. The molecule has 132 valence electrons. The molecule has 0 unspecified atom stereocenters. The lowest BCUT2D eigenvalue weighted by Gasteiger charge is -2.55. The van der Waals surface area contributed by atoms with Gasteiger partial charge in [-0.1, -0.05) is 33.3 Å². The van der Waals surface area contributed by atoms with E-state index in [2.05, 4.69) is 6.92 Å². The van der Waals surface area contributed by atoms with Crippen molar-refractivity contribution in [3.63, 3.8) is 0 Å². The molecule has 24 heavy (non-hydrogen) atoms. The summed E-state index contributed by atoms with van der Waals surface area (Å²) in [5.41, 5.74) is 1.57. The lowest BCUT2D eigenvalue weighted by molar-refractivity contribution is -0.159. The van der Waals surface area contributed by atoms with Gasteiger partial charge < -0.3 is 15.3 Å². The zero-order chi connectivity index (χ0) is 17.9. The van der Waals surface area contributed by atoms with Gasteiger partial charge in [-0.25, -0.2) is 0 Å². The molecule has 2 aliphatic carbocycles. The fraction of sp³-hybridized carbons (Fsp3) is 0.650. The van der Waals surface area contributed by atoms with Crippen molar-refractivity contribution < 1.29 is 20.1 Å². The highest BCUT2D eigenvalue weighted by molar-refractivity contribution is 5.75. The van der Waals surface area contributed by atoms with Gasteiger partial charge in [-0.3, -0.25) is 4.79 Å². The number of carbonyl (C=O) groups is 1. The van der Waals surface area contributed by atoms with Gasteiger partial charge in [-0.05, 0) is 60.6 Å². The average Bonchev–Trinajstić information content (AvgIpc) is 2.49. The van der Waals surface area contributed by atoms with Crippen molar-refractivity contribution in [2.75, 3.05) is 0 Å². The summed E-state index contributed by atoms with van der Waals surface area (Å²) in [5.74, 6) is -0.550. The molecule has 4 heteroatoms. The minimum absolute atomic E-state index is 0.101. The summed E-state index contributed by atoms with van der Waals surface area (Å²) >= 11 is 0. The summed E-state index contributed by atoms with van der Waals surface area (Å²) < 4.78 is 0. The van der Waals surface area contributed by atoms with E-state index < -0.39 is 17.5 Å². The number of aliphatic hydroxyl groups is 1. The molecule has 1 fully saturated rings. The molecule has 1 aromatic carbocycles. The van der Waals surface area contributed by atoms with Gasteiger partial charge in [0.2, 0.25) is 0 Å². The topological polar surface area (TPSA) is 77.8 Å². The minimum Gasteiger partial charge on any atom is -0.508 e. The van der Waals surface area contributed by atoms with Crippen molar-refractivity contribution in [3.05, 3.63) is 28.8 Å². The van der Waals surface area contributed by atoms with Crippen LogP contribution in [0, 0.1) is 11.3 Å². The third kappa shape index (κ3) is 2.19. The van der Waals surface area contributed by atoms with E-state index in [1.807, 2.05) is 26.8 Å². The van der Waals surface area contributed by atoms with Gasteiger partial charge in [0.15, 0.2) is 0 Å². The van der Waals surface area contributed by atoms with Gasteiger partial charge in [0.05, 0.1) is 11.5 Å². The van der Waals surface area contributed by atoms with Gasteiger partial charge in [0.25, 0.3) is 0 Å². The third-order valence-corrected chi connectivity index (χ3v) is 6.67. The van der Waals surface area contributed by atoms with E-state index in [1.54, 1.807) is 6.07 Å². The number of hydrogen-bond acceptors (Lipinski definition) is 3. The Kier molecular flexibility index (Phi) is 3.95. The van der Waals surface area contributed by atoms with E-state index in [0.29, 0.717) is 12.8 Å². The molecule has 0 saturated heterocycles. The number of phenols is 1. The number of carboxylic acids is 1. The summed E-state index contributed by atoms with van der Waals surface area (Å²) in [6.45, 7) is 8.00. The number of carboxylic acid groups (broad SMARTS) is 1. The number of fused-ring (bicyclic) bond motifs is 3. The standard InChI is InChI=1S/C20H28O4/c1-11(2)16-13(21)7-6-12-17(16)14(22)10-15-19(12,3)8-5-9-20(15,4)18(23)24/h6-7,11,14-15,21-22H,5,8-10H2,1-4H3,(H,23,24)/t14-,15-,19-,20+/m1/s1.